The third-order valence-electron chi connectivity index (χ3n) is 5.98. The molecule has 0 atom stereocenters. The van der Waals surface area contributed by atoms with E-state index < -0.39 is 0 Å². The molecule has 0 saturated carbocycles. The lowest BCUT2D eigenvalue weighted by Crippen LogP contribution is -3.00. The molecular formula is C26H28Br2F2N6O2. The summed E-state index contributed by atoms with van der Waals surface area (Å²) >= 11 is 0. The molecule has 0 amide bonds. The molecule has 4 rings (SSSR count). The van der Waals surface area contributed by atoms with E-state index in [4.69, 9.17) is 10.4 Å². The lowest BCUT2D eigenvalue weighted by molar-refractivity contribution is -0.698. The van der Waals surface area contributed by atoms with Crippen LogP contribution in [0.2, 0.25) is 0 Å². The van der Waals surface area contributed by atoms with Gasteiger partial charge in [0.25, 0.3) is 0 Å². The molecule has 0 saturated heterocycles. The van der Waals surface area contributed by atoms with E-state index >= 15 is 0 Å². The number of rotatable bonds is 11. The molecular weight excluding hydrogens is 626 g/mol. The van der Waals surface area contributed by atoms with E-state index in [2.05, 4.69) is 10.3 Å². The molecule has 0 aliphatic carbocycles. The number of hydrogen-bond donors (Lipinski definition) is 2. The summed E-state index contributed by atoms with van der Waals surface area (Å²) < 4.78 is 34.2. The quantitative estimate of drug-likeness (QED) is 0.0646. The summed E-state index contributed by atoms with van der Waals surface area (Å²) in [4.78, 5) is 0. The Hall–Kier alpha value is -3.38. The predicted molar refractivity (Wildman–Crippen MR) is 129 cm³/mol. The van der Waals surface area contributed by atoms with Crippen LogP contribution in [-0.2, 0) is 13.1 Å². The van der Waals surface area contributed by atoms with Crippen molar-refractivity contribution >= 4 is 12.4 Å². The zero-order valence-electron chi connectivity index (χ0n) is 20.4. The summed E-state index contributed by atoms with van der Waals surface area (Å²) in [6.45, 7) is 1.48. The number of oxime groups is 2. The van der Waals surface area contributed by atoms with Crippen LogP contribution >= 0.6 is 0 Å². The fraction of sp³-hybridized carbons (Fsp3) is 0.231. The number of aromatic nitrogens is 4. The molecule has 12 heteroatoms. The van der Waals surface area contributed by atoms with Gasteiger partial charge < -0.3 is 44.4 Å². The highest BCUT2D eigenvalue weighted by molar-refractivity contribution is 5.74. The van der Waals surface area contributed by atoms with Crippen LogP contribution in [-0.4, -0.2) is 32.0 Å². The first-order chi connectivity index (χ1) is 17.6. The smallest absolute Gasteiger partial charge is 0.308 e. The normalized spacial score (nSPS) is 11.1. The molecule has 38 heavy (non-hydrogen) atoms. The molecule has 2 aromatic carbocycles. The van der Waals surface area contributed by atoms with Gasteiger partial charge in [-0.1, -0.05) is 10.3 Å². The van der Waals surface area contributed by atoms with E-state index in [1.807, 2.05) is 43.1 Å². The Bertz CT molecular complexity index is 1240. The van der Waals surface area contributed by atoms with Gasteiger partial charge >= 0.3 is 11.6 Å². The standard InChI is InChI=1S/C26H26F2N6O2.2BrH/c27-21-5-9-23(10-6-21)33-17-15-31(25(33)19-29-35)13-3-1-2-4-14-32-16-18-34(26(32)20-30-36)24-11-7-22(28)8-12-24;;/h5-12,15-20H,1-4,13-14H2;2*1H. The van der Waals surface area contributed by atoms with Crippen molar-refractivity contribution in [2.45, 2.75) is 38.8 Å². The largest absolute Gasteiger partial charge is 1.00 e. The molecule has 0 aliphatic rings. The second kappa shape index (κ2) is 15.1. The number of benzene rings is 2. The number of nitrogens with zero attached hydrogens (tertiary/aromatic N) is 6. The number of hydrogen-bond acceptors (Lipinski definition) is 4. The zero-order valence-corrected chi connectivity index (χ0v) is 23.6. The fourth-order valence-electron chi connectivity index (χ4n) is 4.19. The van der Waals surface area contributed by atoms with Gasteiger partial charge in [0.2, 0.25) is 0 Å². The van der Waals surface area contributed by atoms with Gasteiger partial charge in [-0.25, -0.2) is 17.9 Å². The van der Waals surface area contributed by atoms with Crippen molar-refractivity contribution in [1.29, 1.82) is 0 Å². The van der Waals surface area contributed by atoms with E-state index in [0.29, 0.717) is 11.6 Å². The van der Waals surface area contributed by atoms with Crippen LogP contribution in [0.1, 0.15) is 37.3 Å². The first-order valence-electron chi connectivity index (χ1n) is 11.7. The van der Waals surface area contributed by atoms with Crippen LogP contribution in [0, 0.1) is 11.6 Å². The second-order valence-corrected chi connectivity index (χ2v) is 8.30. The molecule has 4 aromatic rings. The molecule has 0 bridgehead atoms. The minimum Gasteiger partial charge on any atom is -1.00 e. The van der Waals surface area contributed by atoms with Crippen LogP contribution in [0.25, 0.3) is 11.4 Å². The van der Waals surface area contributed by atoms with E-state index in [0.717, 1.165) is 50.1 Å². The Morgan fingerprint density at radius 3 is 1.34 bits per heavy atom. The average Bonchev–Trinajstić information content (AvgIpc) is 3.47. The first-order valence-corrected chi connectivity index (χ1v) is 11.7. The van der Waals surface area contributed by atoms with E-state index in [-0.39, 0.29) is 45.6 Å². The molecule has 2 heterocycles. The molecule has 0 aliphatic heterocycles. The fourth-order valence-corrected chi connectivity index (χ4v) is 4.19. The highest BCUT2D eigenvalue weighted by Crippen LogP contribution is 2.12. The Labute approximate surface area is 240 Å². The predicted octanol–water partition coefficient (Wildman–Crippen LogP) is -1.99. The highest BCUT2D eigenvalue weighted by atomic mass is 79.9. The maximum Gasteiger partial charge on any atom is 0.308 e. The van der Waals surface area contributed by atoms with Crippen molar-refractivity contribution in [3.8, 4) is 11.4 Å². The van der Waals surface area contributed by atoms with Gasteiger partial charge in [0.1, 0.15) is 47.8 Å². The van der Waals surface area contributed by atoms with Gasteiger partial charge in [-0.05, 0) is 74.2 Å². The van der Waals surface area contributed by atoms with Crippen molar-refractivity contribution in [2.24, 2.45) is 10.3 Å². The third kappa shape index (κ3) is 7.57. The summed E-state index contributed by atoms with van der Waals surface area (Å²) in [6, 6.07) is 12.3. The van der Waals surface area contributed by atoms with Crippen molar-refractivity contribution < 1.29 is 62.3 Å². The van der Waals surface area contributed by atoms with Crippen LogP contribution < -0.4 is 43.1 Å². The summed E-state index contributed by atoms with van der Waals surface area (Å²) in [5.41, 5.74) is 1.55. The third-order valence-corrected chi connectivity index (χ3v) is 5.98. The minimum absolute atomic E-state index is 0. The molecule has 0 spiro atoms. The van der Waals surface area contributed by atoms with Crippen molar-refractivity contribution in [2.75, 3.05) is 0 Å². The zero-order chi connectivity index (χ0) is 25.3. The molecule has 8 nitrogen and oxygen atoms in total. The summed E-state index contributed by atoms with van der Waals surface area (Å²) in [7, 11) is 0. The minimum atomic E-state index is -0.308. The van der Waals surface area contributed by atoms with Crippen molar-refractivity contribution in [3.05, 3.63) is 96.6 Å². The van der Waals surface area contributed by atoms with E-state index in [1.165, 1.54) is 36.7 Å². The molecule has 0 fully saturated rings. The summed E-state index contributed by atoms with van der Waals surface area (Å²) in [6.07, 6.45) is 14.1. The van der Waals surface area contributed by atoms with Crippen LogP contribution in [0.15, 0.2) is 83.6 Å². The lowest BCUT2D eigenvalue weighted by Gasteiger charge is -2.03. The van der Waals surface area contributed by atoms with Gasteiger partial charge in [-0.15, -0.1) is 0 Å². The molecule has 2 N–H and O–H groups in total. The number of halogens is 4. The van der Waals surface area contributed by atoms with E-state index in [9.17, 15) is 8.78 Å². The molecule has 0 unspecified atom stereocenters. The Morgan fingerprint density at radius 2 is 1.00 bits per heavy atom. The van der Waals surface area contributed by atoms with E-state index in [1.54, 1.807) is 24.3 Å². The number of imidazole rings is 2. The first kappa shape index (κ1) is 30.8. The molecule has 202 valence electrons. The maximum absolute atomic E-state index is 13.3. The Kier molecular flexibility index (Phi) is 12.3. The van der Waals surface area contributed by atoms with Gasteiger partial charge in [0.05, 0.1) is 13.1 Å². The SMILES string of the molecule is O/N=C/c1n(-c2ccc(F)cc2)cc[n+]1CCCCCC[n+]1ccn(-c2ccc(F)cc2)c1/C=N/O.[Br-].[Br-]. The monoisotopic (exact) mass is 652 g/mol. The van der Waals surface area contributed by atoms with Gasteiger partial charge in [0.15, 0.2) is 12.4 Å². The topological polar surface area (TPSA) is 82.8 Å². The Balaban J connectivity index is 0.00000253. The summed E-state index contributed by atoms with van der Waals surface area (Å²) in [5, 5.41) is 24.6. The number of aryl methyl sites for hydroxylation is 2. The highest BCUT2D eigenvalue weighted by Gasteiger charge is 2.19. The van der Waals surface area contributed by atoms with Gasteiger partial charge in [0, 0.05) is 0 Å². The van der Waals surface area contributed by atoms with Crippen LogP contribution in [0.4, 0.5) is 8.78 Å². The van der Waals surface area contributed by atoms with Gasteiger partial charge in [-0.3, -0.25) is 0 Å². The van der Waals surface area contributed by atoms with Crippen molar-refractivity contribution in [3.63, 3.8) is 0 Å². The number of unbranched alkanes of at least 4 members (excludes halogenated alkanes) is 3. The van der Waals surface area contributed by atoms with Crippen LogP contribution in [0.5, 0.6) is 0 Å². The van der Waals surface area contributed by atoms with Crippen molar-refractivity contribution in [1.82, 2.24) is 9.13 Å². The van der Waals surface area contributed by atoms with Gasteiger partial charge in [-0.2, -0.15) is 9.13 Å². The maximum atomic E-state index is 13.3. The molecule has 0 radical (unpaired) electrons. The van der Waals surface area contributed by atoms with Crippen LogP contribution in [0.3, 0.4) is 0 Å². The summed E-state index contributed by atoms with van der Waals surface area (Å²) in [5.74, 6) is 0.763. The average molecular weight is 654 g/mol. The molecule has 2 aromatic heterocycles. The lowest BCUT2D eigenvalue weighted by atomic mass is 10.2. The Morgan fingerprint density at radius 1 is 0.632 bits per heavy atom. The second-order valence-electron chi connectivity index (χ2n) is 8.30.